The van der Waals surface area contributed by atoms with Gasteiger partial charge in [0, 0.05) is 17.2 Å². The average Bonchev–Trinajstić information content (AvgIpc) is 2.60. The number of hydrogen-bond donors (Lipinski definition) is 1. The van der Waals surface area contributed by atoms with E-state index in [1.807, 2.05) is 13.8 Å². The van der Waals surface area contributed by atoms with Crippen LogP contribution in [0.15, 0.2) is 36.4 Å². The molecule has 0 aromatic heterocycles. The molecule has 0 spiro atoms. The third kappa shape index (κ3) is 3.43. The van der Waals surface area contributed by atoms with Gasteiger partial charge in [0.25, 0.3) is 0 Å². The van der Waals surface area contributed by atoms with Crippen molar-refractivity contribution in [2.45, 2.75) is 38.7 Å². The molecule has 5 nitrogen and oxygen atoms in total. The molecule has 0 bridgehead atoms. The summed E-state index contributed by atoms with van der Waals surface area (Å²) in [5, 5.41) is 10.7. The molecule has 0 fully saturated rings. The highest BCUT2D eigenvalue weighted by Crippen LogP contribution is 2.44. The van der Waals surface area contributed by atoms with Crippen LogP contribution in [0.3, 0.4) is 0 Å². The highest BCUT2D eigenvalue weighted by Gasteiger charge is 2.32. The lowest BCUT2D eigenvalue weighted by Crippen LogP contribution is -2.32. The molecule has 1 aliphatic heterocycles. The molecule has 0 radical (unpaired) electrons. The van der Waals surface area contributed by atoms with E-state index in [0.717, 1.165) is 6.42 Å². The van der Waals surface area contributed by atoms with Crippen molar-refractivity contribution in [2.24, 2.45) is 0 Å². The van der Waals surface area contributed by atoms with Gasteiger partial charge in [-0.25, -0.2) is 0 Å². The fourth-order valence-corrected chi connectivity index (χ4v) is 3.16. The van der Waals surface area contributed by atoms with E-state index in [9.17, 15) is 14.7 Å². The van der Waals surface area contributed by atoms with E-state index in [1.165, 1.54) is 7.11 Å². The number of fused-ring (bicyclic) bond motifs is 1. The molecule has 1 aliphatic rings. The van der Waals surface area contributed by atoms with Gasteiger partial charge in [0.15, 0.2) is 11.6 Å². The smallest absolute Gasteiger partial charge is 0.178 e. The van der Waals surface area contributed by atoms with Crippen LogP contribution in [-0.2, 0) is 6.42 Å². The van der Waals surface area contributed by atoms with Crippen LogP contribution in [0.5, 0.6) is 17.2 Å². The molecule has 26 heavy (non-hydrogen) atoms. The van der Waals surface area contributed by atoms with Gasteiger partial charge in [-0.15, -0.1) is 0 Å². The van der Waals surface area contributed by atoms with Gasteiger partial charge in [-0.05, 0) is 26.7 Å². The second kappa shape index (κ2) is 6.83. The van der Waals surface area contributed by atoms with E-state index < -0.39 is 5.78 Å². The average molecular weight is 354 g/mol. The lowest BCUT2D eigenvalue weighted by Gasteiger charge is -2.33. The normalized spacial score (nSPS) is 14.9. The molecule has 2 aromatic rings. The summed E-state index contributed by atoms with van der Waals surface area (Å²) in [4.78, 5) is 25.1. The Morgan fingerprint density at radius 3 is 2.54 bits per heavy atom. The van der Waals surface area contributed by atoms with Gasteiger partial charge < -0.3 is 14.6 Å². The fraction of sp³-hybridized carbons (Fsp3) is 0.333. The highest BCUT2D eigenvalue weighted by molar-refractivity contribution is 6.15. The zero-order chi connectivity index (χ0) is 18.9. The molecule has 3 rings (SSSR count). The van der Waals surface area contributed by atoms with Crippen LogP contribution < -0.4 is 9.47 Å². The lowest BCUT2D eigenvalue weighted by atomic mass is 9.90. The Balaban J connectivity index is 1.94. The Bertz CT molecular complexity index is 852. The number of benzene rings is 2. The number of Topliss-reactive ketones (excluding diaryl/α,β-unsaturated/α-hetero) is 2. The quantitative estimate of drug-likeness (QED) is 0.650. The van der Waals surface area contributed by atoms with E-state index in [-0.39, 0.29) is 34.9 Å². The standard InChI is InChI=1S/C21H22O5/c1-21(2)10-9-14-17(26-21)12-18(25-3)19(20(14)24)16(23)11-15(22)13-7-5-4-6-8-13/h4-8,12,24H,9-11H2,1-3H3. The largest absolute Gasteiger partial charge is 0.507 e. The number of carbonyl (C=O) groups excluding carboxylic acids is 2. The predicted octanol–water partition coefficient (Wildman–Crippen LogP) is 3.96. The van der Waals surface area contributed by atoms with Gasteiger partial charge in [0.2, 0.25) is 0 Å². The number of hydrogen-bond acceptors (Lipinski definition) is 5. The van der Waals surface area contributed by atoms with E-state index in [4.69, 9.17) is 9.47 Å². The summed E-state index contributed by atoms with van der Waals surface area (Å²) in [5.74, 6) is -0.194. The van der Waals surface area contributed by atoms with Crippen molar-refractivity contribution in [1.82, 2.24) is 0 Å². The van der Waals surface area contributed by atoms with Crippen molar-refractivity contribution in [1.29, 1.82) is 0 Å². The highest BCUT2D eigenvalue weighted by atomic mass is 16.5. The Morgan fingerprint density at radius 1 is 1.19 bits per heavy atom. The molecule has 136 valence electrons. The Kier molecular flexibility index (Phi) is 4.72. The predicted molar refractivity (Wildman–Crippen MR) is 97.4 cm³/mol. The Labute approximate surface area is 152 Å². The summed E-state index contributed by atoms with van der Waals surface area (Å²) in [6, 6.07) is 10.2. The van der Waals surface area contributed by atoms with Crippen LogP contribution >= 0.6 is 0 Å². The molecule has 0 saturated heterocycles. The van der Waals surface area contributed by atoms with Gasteiger partial charge in [0.05, 0.1) is 13.5 Å². The minimum atomic E-state index is -0.471. The minimum Gasteiger partial charge on any atom is -0.507 e. The van der Waals surface area contributed by atoms with Crippen LogP contribution in [0.4, 0.5) is 0 Å². The number of ketones is 2. The summed E-state index contributed by atoms with van der Waals surface area (Å²) in [6.45, 7) is 3.94. The molecule has 0 aliphatic carbocycles. The first-order valence-corrected chi connectivity index (χ1v) is 8.55. The first kappa shape index (κ1) is 18.0. The van der Waals surface area contributed by atoms with Gasteiger partial charge in [0.1, 0.15) is 28.4 Å². The van der Waals surface area contributed by atoms with Gasteiger partial charge in [-0.1, -0.05) is 30.3 Å². The molecule has 0 unspecified atom stereocenters. The Hall–Kier alpha value is -2.82. The van der Waals surface area contributed by atoms with Gasteiger partial charge in [-0.2, -0.15) is 0 Å². The van der Waals surface area contributed by atoms with Crippen molar-refractivity contribution >= 4 is 11.6 Å². The molecular formula is C21H22O5. The molecular weight excluding hydrogens is 332 g/mol. The topological polar surface area (TPSA) is 72.8 Å². The molecule has 5 heteroatoms. The van der Waals surface area contributed by atoms with E-state index >= 15 is 0 Å². The first-order chi connectivity index (χ1) is 12.3. The Morgan fingerprint density at radius 2 is 1.88 bits per heavy atom. The molecule has 0 atom stereocenters. The van der Waals surface area contributed by atoms with Crippen LogP contribution in [0, 0.1) is 0 Å². The van der Waals surface area contributed by atoms with Crippen LogP contribution in [-0.4, -0.2) is 29.4 Å². The molecule has 0 saturated carbocycles. The van der Waals surface area contributed by atoms with Crippen molar-refractivity contribution in [2.75, 3.05) is 7.11 Å². The van der Waals surface area contributed by atoms with E-state index in [1.54, 1.807) is 36.4 Å². The zero-order valence-electron chi connectivity index (χ0n) is 15.2. The summed E-state index contributed by atoms with van der Waals surface area (Å²) in [5.41, 5.74) is 0.737. The second-order valence-corrected chi connectivity index (χ2v) is 7.03. The lowest BCUT2D eigenvalue weighted by molar-refractivity contribution is 0.0829. The summed E-state index contributed by atoms with van der Waals surface area (Å²) >= 11 is 0. The third-order valence-corrected chi connectivity index (χ3v) is 4.61. The SMILES string of the molecule is COc1cc2c(c(O)c1C(=O)CC(=O)c1ccccc1)CCC(C)(C)O2. The third-order valence-electron chi connectivity index (χ3n) is 4.61. The van der Waals surface area contributed by atoms with Crippen LogP contribution in [0.25, 0.3) is 0 Å². The molecule has 1 heterocycles. The minimum absolute atomic E-state index is 0.0406. The zero-order valence-corrected chi connectivity index (χ0v) is 15.2. The maximum absolute atomic E-state index is 12.7. The first-order valence-electron chi connectivity index (χ1n) is 8.55. The van der Waals surface area contributed by atoms with E-state index in [0.29, 0.717) is 23.3 Å². The number of carbonyl (C=O) groups is 2. The van der Waals surface area contributed by atoms with Crippen molar-refractivity contribution in [3.63, 3.8) is 0 Å². The number of methoxy groups -OCH3 is 1. The van der Waals surface area contributed by atoms with Crippen LogP contribution in [0.1, 0.15) is 53.0 Å². The summed E-state index contributed by atoms with van der Waals surface area (Å²) in [6.07, 6.45) is 0.973. The maximum atomic E-state index is 12.7. The number of rotatable bonds is 5. The fourth-order valence-electron chi connectivity index (χ4n) is 3.16. The van der Waals surface area contributed by atoms with Gasteiger partial charge in [-0.3, -0.25) is 9.59 Å². The monoisotopic (exact) mass is 354 g/mol. The van der Waals surface area contributed by atoms with E-state index in [2.05, 4.69) is 0 Å². The maximum Gasteiger partial charge on any atom is 0.178 e. The number of ether oxygens (including phenoxy) is 2. The number of aromatic hydroxyl groups is 1. The number of phenols is 1. The molecule has 0 amide bonds. The van der Waals surface area contributed by atoms with Crippen LogP contribution in [0.2, 0.25) is 0 Å². The van der Waals surface area contributed by atoms with Crippen molar-refractivity contribution in [3.8, 4) is 17.2 Å². The summed E-state index contributed by atoms with van der Waals surface area (Å²) < 4.78 is 11.2. The van der Waals surface area contributed by atoms with Crippen molar-refractivity contribution in [3.05, 3.63) is 53.1 Å². The molecule has 1 N–H and O–H groups in total. The number of phenolic OH excluding ortho intramolecular Hbond substituents is 1. The molecule has 2 aromatic carbocycles. The second-order valence-electron chi connectivity index (χ2n) is 7.03. The van der Waals surface area contributed by atoms with Gasteiger partial charge >= 0.3 is 0 Å². The summed E-state index contributed by atoms with van der Waals surface area (Å²) in [7, 11) is 1.42. The van der Waals surface area contributed by atoms with Crippen molar-refractivity contribution < 1.29 is 24.2 Å².